The number of rotatable bonds is 1. The van der Waals surface area contributed by atoms with Gasteiger partial charge in [-0.25, -0.2) is 0 Å². The molecule has 0 aliphatic carbocycles. The maximum absolute atomic E-state index is 9.23. The normalized spacial score (nSPS) is 9.73. The fourth-order valence-electron chi connectivity index (χ4n) is 0.808. The highest BCUT2D eigenvalue weighted by atomic mass is 79.9. The molecule has 1 aromatic carbocycles. The zero-order valence-electron chi connectivity index (χ0n) is 6.39. The van der Waals surface area contributed by atoms with Gasteiger partial charge in [-0.1, -0.05) is 0 Å². The molecule has 0 fully saturated rings. The third-order valence-electron chi connectivity index (χ3n) is 1.54. The van der Waals surface area contributed by atoms with Crippen LogP contribution in [0.25, 0.3) is 0 Å². The Balaban J connectivity index is 3.25. The highest BCUT2D eigenvalue weighted by molar-refractivity contribution is 9.10. The van der Waals surface area contributed by atoms with Gasteiger partial charge < -0.3 is 9.84 Å². The summed E-state index contributed by atoms with van der Waals surface area (Å²) in [5.74, 6) is 1.01. The first kappa shape index (κ1) is 8.40. The number of halogens is 1. The molecule has 0 aliphatic rings. The summed E-state index contributed by atoms with van der Waals surface area (Å²) >= 11 is 3.31. The second-order valence-electron chi connectivity index (χ2n) is 2.23. The zero-order valence-corrected chi connectivity index (χ0v) is 7.97. The van der Waals surface area contributed by atoms with E-state index in [1.165, 1.54) is 0 Å². The van der Waals surface area contributed by atoms with Crippen molar-refractivity contribution in [1.82, 2.24) is 0 Å². The molecule has 0 radical (unpaired) electrons. The molecular formula is C8H9BrO2. The molecule has 1 aromatic rings. The lowest BCUT2D eigenvalue weighted by Gasteiger charge is -2.06. The third-order valence-corrected chi connectivity index (χ3v) is 2.53. The van der Waals surface area contributed by atoms with Crippen molar-refractivity contribution in [2.24, 2.45) is 0 Å². The summed E-state index contributed by atoms with van der Waals surface area (Å²) in [5.41, 5.74) is 0.796. The molecule has 0 aliphatic heterocycles. The van der Waals surface area contributed by atoms with Gasteiger partial charge in [0.1, 0.15) is 11.5 Å². The summed E-state index contributed by atoms with van der Waals surface area (Å²) < 4.78 is 5.83. The van der Waals surface area contributed by atoms with Crippen LogP contribution in [-0.2, 0) is 0 Å². The van der Waals surface area contributed by atoms with E-state index in [4.69, 9.17) is 4.74 Å². The summed E-state index contributed by atoms with van der Waals surface area (Å²) in [6, 6.07) is 3.32. The van der Waals surface area contributed by atoms with E-state index in [2.05, 4.69) is 15.9 Å². The van der Waals surface area contributed by atoms with Gasteiger partial charge in [0.05, 0.1) is 11.6 Å². The van der Waals surface area contributed by atoms with E-state index in [1.54, 1.807) is 19.2 Å². The van der Waals surface area contributed by atoms with Gasteiger partial charge in [0.25, 0.3) is 0 Å². The molecule has 1 rings (SSSR count). The first-order chi connectivity index (χ1) is 5.16. The molecule has 0 spiro atoms. The van der Waals surface area contributed by atoms with Crippen molar-refractivity contribution >= 4 is 15.9 Å². The van der Waals surface area contributed by atoms with Crippen molar-refractivity contribution < 1.29 is 9.84 Å². The van der Waals surface area contributed by atoms with Crippen LogP contribution in [-0.4, -0.2) is 12.2 Å². The van der Waals surface area contributed by atoms with Gasteiger partial charge in [-0.15, -0.1) is 0 Å². The van der Waals surface area contributed by atoms with Crippen LogP contribution in [0.3, 0.4) is 0 Å². The van der Waals surface area contributed by atoms with Gasteiger partial charge in [0.2, 0.25) is 0 Å². The van der Waals surface area contributed by atoms with Crippen molar-refractivity contribution in [3.63, 3.8) is 0 Å². The molecule has 3 heteroatoms. The first-order valence-electron chi connectivity index (χ1n) is 3.19. The molecule has 0 saturated carbocycles. The number of methoxy groups -OCH3 is 1. The van der Waals surface area contributed by atoms with Crippen LogP contribution in [0.4, 0.5) is 0 Å². The minimum Gasteiger partial charge on any atom is -0.508 e. The lowest BCUT2D eigenvalue weighted by Crippen LogP contribution is -1.86. The maximum atomic E-state index is 9.23. The van der Waals surface area contributed by atoms with Gasteiger partial charge in [-0.3, -0.25) is 0 Å². The van der Waals surface area contributed by atoms with Crippen molar-refractivity contribution in [3.8, 4) is 11.5 Å². The van der Waals surface area contributed by atoms with Crippen LogP contribution in [0.15, 0.2) is 16.6 Å². The second-order valence-corrected chi connectivity index (χ2v) is 3.02. The van der Waals surface area contributed by atoms with Gasteiger partial charge in [-0.05, 0) is 35.0 Å². The Bertz CT molecular complexity index is 271. The molecule has 0 saturated heterocycles. The lowest BCUT2D eigenvalue weighted by atomic mass is 10.2. The quantitative estimate of drug-likeness (QED) is 0.782. The Morgan fingerprint density at radius 3 is 2.64 bits per heavy atom. The van der Waals surface area contributed by atoms with Gasteiger partial charge >= 0.3 is 0 Å². The number of aromatic hydroxyl groups is 1. The van der Waals surface area contributed by atoms with E-state index in [1.807, 2.05) is 6.92 Å². The van der Waals surface area contributed by atoms with E-state index in [9.17, 15) is 5.11 Å². The highest BCUT2D eigenvalue weighted by Crippen LogP contribution is 2.33. The topological polar surface area (TPSA) is 29.5 Å². The monoisotopic (exact) mass is 216 g/mol. The molecule has 0 bridgehead atoms. The maximum Gasteiger partial charge on any atom is 0.133 e. The second kappa shape index (κ2) is 3.13. The number of phenolic OH excluding ortho intramolecular Hbond substituents is 1. The van der Waals surface area contributed by atoms with E-state index < -0.39 is 0 Å². The summed E-state index contributed by atoms with van der Waals surface area (Å²) in [6.07, 6.45) is 0. The van der Waals surface area contributed by atoms with Crippen LogP contribution in [0.1, 0.15) is 5.56 Å². The van der Waals surface area contributed by atoms with Gasteiger partial charge in [0.15, 0.2) is 0 Å². The Morgan fingerprint density at radius 1 is 1.45 bits per heavy atom. The van der Waals surface area contributed by atoms with Crippen LogP contribution in [0, 0.1) is 6.92 Å². The molecular weight excluding hydrogens is 208 g/mol. The van der Waals surface area contributed by atoms with Gasteiger partial charge in [0, 0.05) is 5.56 Å². The summed E-state index contributed by atoms with van der Waals surface area (Å²) in [5, 5.41) is 9.23. The standard InChI is InChI=1S/C8H9BrO2/c1-5-6(10)3-4-7(11-2)8(5)9/h3-4,10H,1-2H3. The smallest absolute Gasteiger partial charge is 0.133 e. The van der Waals surface area contributed by atoms with Crippen molar-refractivity contribution in [3.05, 3.63) is 22.2 Å². The molecule has 0 heterocycles. The zero-order chi connectivity index (χ0) is 8.43. The van der Waals surface area contributed by atoms with E-state index in [-0.39, 0.29) is 5.75 Å². The van der Waals surface area contributed by atoms with E-state index in [0.29, 0.717) is 0 Å². The largest absolute Gasteiger partial charge is 0.508 e. The SMILES string of the molecule is COc1ccc(O)c(C)c1Br. The van der Waals surface area contributed by atoms with Crippen LogP contribution >= 0.6 is 15.9 Å². The van der Waals surface area contributed by atoms with Crippen molar-refractivity contribution in [1.29, 1.82) is 0 Å². The van der Waals surface area contributed by atoms with Gasteiger partial charge in [-0.2, -0.15) is 0 Å². The minimum absolute atomic E-state index is 0.276. The van der Waals surface area contributed by atoms with E-state index >= 15 is 0 Å². The summed E-state index contributed by atoms with van der Waals surface area (Å²) in [7, 11) is 1.59. The van der Waals surface area contributed by atoms with Crippen molar-refractivity contribution in [2.45, 2.75) is 6.92 Å². The Kier molecular flexibility index (Phi) is 2.39. The summed E-state index contributed by atoms with van der Waals surface area (Å²) in [4.78, 5) is 0. The van der Waals surface area contributed by atoms with Crippen LogP contribution in [0.5, 0.6) is 11.5 Å². The number of benzene rings is 1. The van der Waals surface area contributed by atoms with Crippen molar-refractivity contribution in [2.75, 3.05) is 7.11 Å². The Morgan fingerprint density at radius 2 is 2.09 bits per heavy atom. The number of ether oxygens (including phenoxy) is 1. The predicted octanol–water partition coefficient (Wildman–Crippen LogP) is 2.47. The van der Waals surface area contributed by atoms with Crippen LogP contribution in [0.2, 0.25) is 0 Å². The first-order valence-corrected chi connectivity index (χ1v) is 3.98. The number of hydrogen-bond donors (Lipinski definition) is 1. The molecule has 0 amide bonds. The molecule has 0 unspecified atom stereocenters. The summed E-state index contributed by atoms with van der Waals surface area (Å²) in [6.45, 7) is 1.82. The average molecular weight is 217 g/mol. The molecule has 0 atom stereocenters. The number of hydrogen-bond acceptors (Lipinski definition) is 2. The van der Waals surface area contributed by atoms with Crippen LogP contribution < -0.4 is 4.74 Å². The lowest BCUT2D eigenvalue weighted by molar-refractivity contribution is 0.408. The molecule has 2 nitrogen and oxygen atoms in total. The minimum atomic E-state index is 0.276. The average Bonchev–Trinajstić information content (AvgIpc) is 2.01. The highest BCUT2D eigenvalue weighted by Gasteiger charge is 2.05. The molecule has 1 N–H and O–H groups in total. The number of phenols is 1. The third kappa shape index (κ3) is 1.48. The fraction of sp³-hybridized carbons (Fsp3) is 0.250. The Labute approximate surface area is 73.9 Å². The molecule has 11 heavy (non-hydrogen) atoms. The predicted molar refractivity (Wildman–Crippen MR) is 47.1 cm³/mol. The molecule has 60 valence electrons. The van der Waals surface area contributed by atoms with E-state index in [0.717, 1.165) is 15.8 Å². The fourth-order valence-corrected chi connectivity index (χ4v) is 1.30. The molecule has 0 aromatic heterocycles. The Hall–Kier alpha value is -0.700.